The number of aliphatic imine (C=N–C) groups is 1. The van der Waals surface area contributed by atoms with Crippen molar-refractivity contribution < 1.29 is 14.3 Å². The lowest BCUT2D eigenvalue weighted by molar-refractivity contribution is -0.120. The molecule has 172 valence electrons. The second-order valence-corrected chi connectivity index (χ2v) is 9.65. The topological polar surface area (TPSA) is 71.0 Å². The van der Waals surface area contributed by atoms with Crippen molar-refractivity contribution in [1.82, 2.24) is 5.32 Å². The standard InChI is InChI=1S/C26H29N3O3S/c1-17(2)19-12-10-18(11-13-19)15-22-25(31)29(20-7-6-8-21(16-20)32-3)26(28-22)33-23-9-4-5-14-27-24(23)30/h6-8,10-13,15-17,23H,4-5,9,14H2,1-3H3,(H,27,30). The van der Waals surface area contributed by atoms with Crippen molar-refractivity contribution in [2.75, 3.05) is 18.6 Å². The molecule has 2 aromatic carbocycles. The van der Waals surface area contributed by atoms with Crippen molar-refractivity contribution in [2.24, 2.45) is 4.99 Å². The molecular formula is C26H29N3O3S. The largest absolute Gasteiger partial charge is 0.497 e. The molecule has 4 rings (SSSR count). The maximum Gasteiger partial charge on any atom is 0.283 e. The number of carbonyl (C=O) groups is 2. The van der Waals surface area contributed by atoms with E-state index in [0.717, 1.165) is 24.8 Å². The van der Waals surface area contributed by atoms with Gasteiger partial charge in [0.15, 0.2) is 5.17 Å². The number of anilines is 1. The normalized spacial score (nSPS) is 20.1. The molecule has 0 saturated carbocycles. The number of rotatable bonds is 5. The van der Waals surface area contributed by atoms with E-state index in [4.69, 9.17) is 9.73 Å². The Morgan fingerprint density at radius 1 is 1.15 bits per heavy atom. The third-order valence-electron chi connectivity index (χ3n) is 5.78. The van der Waals surface area contributed by atoms with E-state index in [1.807, 2.05) is 36.4 Å². The van der Waals surface area contributed by atoms with E-state index in [1.165, 1.54) is 17.3 Å². The van der Waals surface area contributed by atoms with E-state index in [1.54, 1.807) is 18.1 Å². The van der Waals surface area contributed by atoms with Gasteiger partial charge in [0.05, 0.1) is 18.0 Å². The van der Waals surface area contributed by atoms with Gasteiger partial charge in [-0.05, 0) is 48.1 Å². The molecule has 2 amide bonds. The van der Waals surface area contributed by atoms with Crippen LogP contribution in [-0.4, -0.2) is 35.9 Å². The van der Waals surface area contributed by atoms with Crippen molar-refractivity contribution >= 4 is 40.5 Å². The Labute approximate surface area is 199 Å². The highest BCUT2D eigenvalue weighted by Crippen LogP contribution is 2.34. The zero-order valence-corrected chi connectivity index (χ0v) is 20.0. The number of amides is 2. The van der Waals surface area contributed by atoms with Gasteiger partial charge in [-0.2, -0.15) is 0 Å². The van der Waals surface area contributed by atoms with Crippen molar-refractivity contribution in [2.45, 2.75) is 44.3 Å². The lowest BCUT2D eigenvalue weighted by atomic mass is 10.0. The average Bonchev–Trinajstić information content (AvgIpc) is 2.97. The van der Waals surface area contributed by atoms with Gasteiger partial charge in [0.2, 0.25) is 5.91 Å². The summed E-state index contributed by atoms with van der Waals surface area (Å²) in [5, 5.41) is 3.20. The van der Waals surface area contributed by atoms with Gasteiger partial charge in [-0.3, -0.25) is 14.5 Å². The molecular weight excluding hydrogens is 434 g/mol. The number of thioether (sulfide) groups is 1. The van der Waals surface area contributed by atoms with Gasteiger partial charge in [-0.15, -0.1) is 0 Å². The molecule has 1 unspecified atom stereocenters. The van der Waals surface area contributed by atoms with E-state index < -0.39 is 0 Å². The molecule has 1 saturated heterocycles. The van der Waals surface area contributed by atoms with E-state index in [9.17, 15) is 9.59 Å². The minimum absolute atomic E-state index is 0.0000509. The van der Waals surface area contributed by atoms with Gasteiger partial charge < -0.3 is 10.1 Å². The Morgan fingerprint density at radius 2 is 1.94 bits per heavy atom. The Morgan fingerprint density at radius 3 is 2.67 bits per heavy atom. The molecule has 2 heterocycles. The maximum atomic E-state index is 13.5. The Hall–Kier alpha value is -3.06. The summed E-state index contributed by atoms with van der Waals surface area (Å²) < 4.78 is 5.36. The summed E-state index contributed by atoms with van der Waals surface area (Å²) in [6.07, 6.45) is 4.48. The van der Waals surface area contributed by atoms with Gasteiger partial charge in [0.25, 0.3) is 5.91 Å². The number of hydrogen-bond donors (Lipinski definition) is 1. The highest BCUT2D eigenvalue weighted by Gasteiger charge is 2.35. The Kier molecular flexibility index (Phi) is 7.18. The zero-order chi connectivity index (χ0) is 23.4. The summed E-state index contributed by atoms with van der Waals surface area (Å²) in [6, 6.07) is 15.5. The number of amidine groups is 1. The molecule has 2 aromatic rings. The molecule has 1 fully saturated rings. The number of carbonyl (C=O) groups excluding carboxylic acids is 2. The highest BCUT2D eigenvalue weighted by molar-refractivity contribution is 8.15. The monoisotopic (exact) mass is 463 g/mol. The first-order chi connectivity index (χ1) is 16.0. The van der Waals surface area contributed by atoms with E-state index in [2.05, 4.69) is 31.3 Å². The first-order valence-electron chi connectivity index (χ1n) is 11.3. The fourth-order valence-corrected chi connectivity index (χ4v) is 5.01. The molecule has 0 radical (unpaired) electrons. The first kappa shape index (κ1) is 23.1. The van der Waals surface area contributed by atoms with Crippen LogP contribution in [0.5, 0.6) is 5.75 Å². The summed E-state index contributed by atoms with van der Waals surface area (Å²) in [7, 11) is 1.59. The van der Waals surface area contributed by atoms with Crippen LogP contribution in [0.15, 0.2) is 59.2 Å². The van der Waals surface area contributed by atoms with Crippen molar-refractivity contribution in [3.05, 3.63) is 65.4 Å². The highest BCUT2D eigenvalue weighted by atomic mass is 32.2. The van der Waals surface area contributed by atoms with Crippen molar-refractivity contribution in [1.29, 1.82) is 0 Å². The van der Waals surface area contributed by atoms with Gasteiger partial charge in [-0.25, -0.2) is 4.99 Å². The SMILES string of the molecule is COc1cccc(N2C(=O)C(=Cc3ccc(C(C)C)cc3)N=C2SC2CCCCNC2=O)c1. The average molecular weight is 464 g/mol. The summed E-state index contributed by atoms with van der Waals surface area (Å²) in [6.45, 7) is 4.99. The number of methoxy groups -OCH3 is 1. The van der Waals surface area contributed by atoms with Crippen LogP contribution in [0.4, 0.5) is 5.69 Å². The van der Waals surface area contributed by atoms with Gasteiger partial charge >= 0.3 is 0 Å². The lowest BCUT2D eigenvalue weighted by Crippen LogP contribution is -2.35. The van der Waals surface area contributed by atoms with Crippen LogP contribution in [0, 0.1) is 0 Å². The summed E-state index contributed by atoms with van der Waals surface area (Å²) in [5.41, 5.74) is 3.17. The van der Waals surface area contributed by atoms with E-state index in [-0.39, 0.29) is 17.1 Å². The second-order valence-electron chi connectivity index (χ2n) is 8.48. The van der Waals surface area contributed by atoms with Crippen LogP contribution in [0.3, 0.4) is 0 Å². The number of nitrogens with one attached hydrogen (secondary N) is 1. The van der Waals surface area contributed by atoms with Crippen LogP contribution in [0.1, 0.15) is 50.2 Å². The third-order valence-corrected chi connectivity index (χ3v) is 7.00. The predicted octanol–water partition coefficient (Wildman–Crippen LogP) is 4.96. The van der Waals surface area contributed by atoms with Crippen LogP contribution in [0.2, 0.25) is 0 Å². The van der Waals surface area contributed by atoms with Gasteiger partial charge in [0, 0.05) is 12.6 Å². The molecule has 0 aromatic heterocycles. The quantitative estimate of drug-likeness (QED) is 0.636. The van der Waals surface area contributed by atoms with Crippen LogP contribution in [-0.2, 0) is 9.59 Å². The van der Waals surface area contributed by atoms with Crippen LogP contribution in [0.25, 0.3) is 6.08 Å². The minimum atomic E-state index is -0.281. The van der Waals surface area contributed by atoms with Crippen molar-refractivity contribution in [3.8, 4) is 5.75 Å². The molecule has 0 spiro atoms. The summed E-state index contributed by atoms with van der Waals surface area (Å²) >= 11 is 1.35. The van der Waals surface area contributed by atoms with Crippen LogP contribution < -0.4 is 15.0 Å². The molecule has 33 heavy (non-hydrogen) atoms. The smallest absolute Gasteiger partial charge is 0.283 e. The van der Waals surface area contributed by atoms with Gasteiger partial charge in [0.1, 0.15) is 11.4 Å². The summed E-state index contributed by atoms with van der Waals surface area (Å²) in [4.78, 5) is 32.3. The Bertz CT molecular complexity index is 1090. The number of ether oxygens (including phenoxy) is 1. The molecule has 1 N–H and O–H groups in total. The molecule has 1 atom stereocenters. The Balaban J connectivity index is 1.69. The van der Waals surface area contributed by atoms with E-state index in [0.29, 0.717) is 34.8 Å². The minimum Gasteiger partial charge on any atom is -0.497 e. The van der Waals surface area contributed by atoms with E-state index >= 15 is 0 Å². The summed E-state index contributed by atoms with van der Waals surface area (Å²) in [5.74, 6) is 0.876. The molecule has 7 heteroatoms. The molecule has 6 nitrogen and oxygen atoms in total. The first-order valence-corrected chi connectivity index (χ1v) is 12.2. The molecule has 0 aliphatic carbocycles. The van der Waals surface area contributed by atoms with Crippen LogP contribution >= 0.6 is 11.8 Å². The zero-order valence-electron chi connectivity index (χ0n) is 19.2. The third kappa shape index (κ3) is 5.30. The fraction of sp³-hybridized carbons (Fsp3) is 0.346. The van der Waals surface area contributed by atoms with Crippen molar-refractivity contribution in [3.63, 3.8) is 0 Å². The van der Waals surface area contributed by atoms with Gasteiger partial charge in [-0.1, -0.05) is 62.4 Å². The lowest BCUT2D eigenvalue weighted by Gasteiger charge is -2.21. The molecule has 2 aliphatic heterocycles. The molecule has 2 aliphatic rings. The predicted molar refractivity (Wildman–Crippen MR) is 135 cm³/mol. The maximum absolute atomic E-state index is 13.5. The number of hydrogen-bond acceptors (Lipinski definition) is 5. The second kappa shape index (κ2) is 10.3. The fourth-order valence-electron chi connectivity index (χ4n) is 3.84. The number of benzene rings is 2. The number of nitrogens with zero attached hydrogens (tertiary/aromatic N) is 2. The molecule has 0 bridgehead atoms.